The summed E-state index contributed by atoms with van der Waals surface area (Å²) in [5.41, 5.74) is 1.45. The summed E-state index contributed by atoms with van der Waals surface area (Å²) in [7, 11) is 0. The van der Waals surface area contributed by atoms with Gasteiger partial charge in [-0.3, -0.25) is 0 Å². The predicted molar refractivity (Wildman–Crippen MR) is 65.4 cm³/mol. The summed E-state index contributed by atoms with van der Waals surface area (Å²) in [4.78, 5) is 0. The summed E-state index contributed by atoms with van der Waals surface area (Å²) in [6, 6.07) is 0. The van der Waals surface area contributed by atoms with E-state index in [-0.39, 0.29) is 0 Å². The average molecular weight is 197 g/mol. The van der Waals surface area contributed by atoms with Gasteiger partial charge in [-0.15, -0.1) is 0 Å². The van der Waals surface area contributed by atoms with E-state index in [2.05, 4.69) is 39.1 Å². The first kappa shape index (κ1) is 13.5. The third kappa shape index (κ3) is 8.15. The number of hydrogen-bond acceptors (Lipinski definition) is 1. The Hall–Kier alpha value is -0.460. The molecule has 0 aromatic heterocycles. The quantitative estimate of drug-likeness (QED) is 0.577. The SMILES string of the molecule is CCCCC/C(=C\C(C)C)NCCC. The van der Waals surface area contributed by atoms with Gasteiger partial charge >= 0.3 is 0 Å². The molecule has 1 nitrogen and oxygen atoms in total. The Morgan fingerprint density at radius 3 is 2.36 bits per heavy atom. The maximum absolute atomic E-state index is 3.52. The van der Waals surface area contributed by atoms with Crippen LogP contribution in [0.4, 0.5) is 0 Å². The fraction of sp³-hybridized carbons (Fsp3) is 0.846. The summed E-state index contributed by atoms with van der Waals surface area (Å²) in [6.45, 7) is 10.1. The molecule has 0 amide bonds. The van der Waals surface area contributed by atoms with Crippen LogP contribution in [0.2, 0.25) is 0 Å². The van der Waals surface area contributed by atoms with Gasteiger partial charge in [-0.05, 0) is 25.2 Å². The molecule has 0 bridgehead atoms. The van der Waals surface area contributed by atoms with Crippen LogP contribution in [-0.4, -0.2) is 6.54 Å². The fourth-order valence-electron chi connectivity index (χ4n) is 1.48. The Morgan fingerprint density at radius 2 is 1.86 bits per heavy atom. The monoisotopic (exact) mass is 197 g/mol. The number of unbranched alkanes of at least 4 members (excludes halogenated alkanes) is 2. The van der Waals surface area contributed by atoms with E-state index in [0.29, 0.717) is 5.92 Å². The molecular weight excluding hydrogens is 170 g/mol. The van der Waals surface area contributed by atoms with E-state index in [9.17, 15) is 0 Å². The van der Waals surface area contributed by atoms with Crippen LogP contribution < -0.4 is 5.32 Å². The molecule has 14 heavy (non-hydrogen) atoms. The molecule has 0 aliphatic carbocycles. The van der Waals surface area contributed by atoms with Gasteiger partial charge in [-0.25, -0.2) is 0 Å². The molecule has 0 radical (unpaired) electrons. The lowest BCUT2D eigenvalue weighted by Gasteiger charge is -2.11. The molecule has 0 heterocycles. The van der Waals surface area contributed by atoms with Gasteiger partial charge in [0, 0.05) is 12.2 Å². The van der Waals surface area contributed by atoms with E-state index in [1.54, 1.807) is 0 Å². The van der Waals surface area contributed by atoms with Gasteiger partial charge in [-0.2, -0.15) is 0 Å². The zero-order valence-corrected chi connectivity index (χ0v) is 10.4. The normalized spacial score (nSPS) is 12.2. The van der Waals surface area contributed by atoms with Crippen LogP contribution in [0.25, 0.3) is 0 Å². The van der Waals surface area contributed by atoms with E-state index in [4.69, 9.17) is 0 Å². The van der Waals surface area contributed by atoms with Crippen LogP contribution in [0, 0.1) is 5.92 Å². The van der Waals surface area contributed by atoms with Crippen molar-refractivity contribution in [2.75, 3.05) is 6.54 Å². The van der Waals surface area contributed by atoms with Crippen molar-refractivity contribution in [3.05, 3.63) is 11.8 Å². The molecule has 0 rings (SSSR count). The Bertz CT molecular complexity index is 147. The molecule has 0 saturated carbocycles. The molecule has 0 aliphatic rings. The molecule has 0 aliphatic heterocycles. The number of allylic oxidation sites excluding steroid dienone is 2. The zero-order valence-electron chi connectivity index (χ0n) is 10.4. The highest BCUT2D eigenvalue weighted by Gasteiger charge is 1.97. The van der Waals surface area contributed by atoms with Gasteiger partial charge in [-0.1, -0.05) is 46.6 Å². The standard InChI is InChI=1S/C13H27N/c1-5-7-8-9-13(11-12(3)4)14-10-6-2/h11-12,14H,5-10H2,1-4H3/b13-11+. The van der Waals surface area contributed by atoms with Crippen molar-refractivity contribution < 1.29 is 0 Å². The lowest BCUT2D eigenvalue weighted by molar-refractivity contribution is 0.647. The topological polar surface area (TPSA) is 12.0 Å². The maximum atomic E-state index is 3.52. The smallest absolute Gasteiger partial charge is 0.0141 e. The second kappa shape index (κ2) is 9.11. The van der Waals surface area contributed by atoms with Crippen LogP contribution >= 0.6 is 0 Å². The van der Waals surface area contributed by atoms with Crippen molar-refractivity contribution in [1.82, 2.24) is 5.32 Å². The number of nitrogens with one attached hydrogen (secondary N) is 1. The van der Waals surface area contributed by atoms with Crippen molar-refractivity contribution in [1.29, 1.82) is 0 Å². The first-order valence-corrected chi connectivity index (χ1v) is 6.15. The van der Waals surface area contributed by atoms with Crippen molar-refractivity contribution in [2.24, 2.45) is 5.92 Å². The summed E-state index contributed by atoms with van der Waals surface area (Å²) in [5.74, 6) is 0.663. The Balaban J connectivity index is 3.84. The first-order chi connectivity index (χ1) is 6.70. The molecular formula is C13H27N. The minimum Gasteiger partial charge on any atom is -0.389 e. The number of rotatable bonds is 8. The van der Waals surface area contributed by atoms with Crippen molar-refractivity contribution >= 4 is 0 Å². The highest BCUT2D eigenvalue weighted by molar-refractivity contribution is 5.00. The summed E-state index contributed by atoms with van der Waals surface area (Å²) >= 11 is 0. The van der Waals surface area contributed by atoms with Crippen LogP contribution in [0.3, 0.4) is 0 Å². The van der Waals surface area contributed by atoms with Crippen LogP contribution in [-0.2, 0) is 0 Å². The van der Waals surface area contributed by atoms with Gasteiger partial charge in [0.1, 0.15) is 0 Å². The van der Waals surface area contributed by atoms with E-state index < -0.39 is 0 Å². The van der Waals surface area contributed by atoms with E-state index in [0.717, 1.165) is 6.54 Å². The molecule has 0 saturated heterocycles. The predicted octanol–water partition coefficient (Wildman–Crippen LogP) is 4.11. The van der Waals surface area contributed by atoms with Crippen LogP contribution in [0.5, 0.6) is 0 Å². The molecule has 0 spiro atoms. The van der Waals surface area contributed by atoms with E-state index in [1.165, 1.54) is 37.8 Å². The van der Waals surface area contributed by atoms with Gasteiger partial charge < -0.3 is 5.32 Å². The van der Waals surface area contributed by atoms with Crippen LogP contribution in [0.1, 0.15) is 59.8 Å². The Labute approximate surface area is 90.0 Å². The lowest BCUT2D eigenvalue weighted by Crippen LogP contribution is -2.14. The molecule has 1 heteroatoms. The molecule has 0 unspecified atom stereocenters. The molecule has 0 aromatic rings. The van der Waals surface area contributed by atoms with E-state index >= 15 is 0 Å². The lowest BCUT2D eigenvalue weighted by atomic mass is 10.1. The second-order valence-electron chi connectivity index (χ2n) is 4.32. The van der Waals surface area contributed by atoms with Crippen molar-refractivity contribution in [3.63, 3.8) is 0 Å². The third-order valence-corrected chi connectivity index (χ3v) is 2.19. The third-order valence-electron chi connectivity index (χ3n) is 2.19. The highest BCUT2D eigenvalue weighted by Crippen LogP contribution is 2.09. The maximum Gasteiger partial charge on any atom is 0.0141 e. The highest BCUT2D eigenvalue weighted by atomic mass is 14.9. The van der Waals surface area contributed by atoms with Crippen LogP contribution in [0.15, 0.2) is 11.8 Å². The van der Waals surface area contributed by atoms with Gasteiger partial charge in [0.15, 0.2) is 0 Å². The van der Waals surface area contributed by atoms with Crippen molar-refractivity contribution in [2.45, 2.75) is 59.8 Å². The van der Waals surface area contributed by atoms with E-state index in [1.807, 2.05) is 0 Å². The Kier molecular flexibility index (Phi) is 8.81. The Morgan fingerprint density at radius 1 is 1.14 bits per heavy atom. The van der Waals surface area contributed by atoms with Gasteiger partial charge in [0.25, 0.3) is 0 Å². The summed E-state index contributed by atoms with van der Waals surface area (Å²) < 4.78 is 0. The first-order valence-electron chi connectivity index (χ1n) is 6.15. The molecule has 0 fully saturated rings. The van der Waals surface area contributed by atoms with Gasteiger partial charge in [0.2, 0.25) is 0 Å². The molecule has 84 valence electrons. The largest absolute Gasteiger partial charge is 0.389 e. The fourth-order valence-corrected chi connectivity index (χ4v) is 1.48. The van der Waals surface area contributed by atoms with Gasteiger partial charge in [0.05, 0.1) is 0 Å². The molecule has 0 atom stereocenters. The average Bonchev–Trinajstić information content (AvgIpc) is 2.13. The summed E-state index contributed by atoms with van der Waals surface area (Å²) in [6.07, 6.45) is 8.79. The minimum absolute atomic E-state index is 0.663. The summed E-state index contributed by atoms with van der Waals surface area (Å²) in [5, 5.41) is 3.52. The second-order valence-corrected chi connectivity index (χ2v) is 4.32. The zero-order chi connectivity index (χ0) is 10.8. The molecule has 1 N–H and O–H groups in total. The minimum atomic E-state index is 0.663. The molecule has 0 aromatic carbocycles. The number of hydrogen-bond donors (Lipinski definition) is 1. The van der Waals surface area contributed by atoms with Crippen molar-refractivity contribution in [3.8, 4) is 0 Å².